The molecule has 0 saturated carbocycles. The van der Waals surface area contributed by atoms with Crippen LogP contribution < -0.4 is 10.2 Å². The van der Waals surface area contributed by atoms with Crippen molar-refractivity contribution < 1.29 is 23.8 Å². The summed E-state index contributed by atoms with van der Waals surface area (Å²) in [4.78, 5) is 26.3. The van der Waals surface area contributed by atoms with E-state index in [9.17, 15) is 19.1 Å². The Morgan fingerprint density at radius 2 is 2.00 bits per heavy atom. The van der Waals surface area contributed by atoms with E-state index in [0.717, 1.165) is 6.07 Å². The topological polar surface area (TPSA) is 81.0 Å². The Kier molecular flexibility index (Phi) is 5.67. The summed E-state index contributed by atoms with van der Waals surface area (Å²) in [6.07, 6.45) is 0. The third-order valence-electron chi connectivity index (χ3n) is 4.23. The van der Waals surface area contributed by atoms with Gasteiger partial charge in [-0.2, -0.15) is 0 Å². The molecule has 0 fully saturated rings. The Hall–Kier alpha value is -2.58. The number of fused-ring (bicyclic) bond motifs is 1. The van der Waals surface area contributed by atoms with E-state index in [1.807, 2.05) is 0 Å². The second-order valence-electron chi connectivity index (χ2n) is 6.01. The average molecular weight is 397 g/mol. The number of ether oxygens (including phenoxy) is 2. The first-order chi connectivity index (χ1) is 12.9. The van der Waals surface area contributed by atoms with Gasteiger partial charge < -0.3 is 24.0 Å². The first kappa shape index (κ1) is 19.2. The zero-order valence-electron chi connectivity index (χ0n) is 14.6. The van der Waals surface area contributed by atoms with Crippen LogP contribution in [0.2, 0.25) is 5.02 Å². The number of methoxy groups -OCH3 is 1. The van der Waals surface area contributed by atoms with Crippen molar-refractivity contribution in [2.45, 2.75) is 13.1 Å². The van der Waals surface area contributed by atoms with Crippen molar-refractivity contribution in [2.75, 3.05) is 26.9 Å². The highest BCUT2D eigenvalue weighted by Crippen LogP contribution is 2.26. The zero-order valence-corrected chi connectivity index (χ0v) is 15.3. The van der Waals surface area contributed by atoms with Crippen molar-refractivity contribution in [3.05, 3.63) is 56.6 Å². The van der Waals surface area contributed by atoms with E-state index in [2.05, 4.69) is 0 Å². The van der Waals surface area contributed by atoms with Crippen molar-refractivity contribution in [1.82, 2.24) is 9.47 Å². The SMILES string of the molecule is COCCOc1cc(=O)c(O)c2n1CCN(Cc1ccc(F)c(Cl)c1)C2=O. The van der Waals surface area contributed by atoms with Crippen molar-refractivity contribution in [3.63, 3.8) is 0 Å². The van der Waals surface area contributed by atoms with Gasteiger partial charge in [0.05, 0.1) is 11.6 Å². The smallest absolute Gasteiger partial charge is 0.274 e. The maximum Gasteiger partial charge on any atom is 0.274 e. The maximum absolute atomic E-state index is 13.3. The summed E-state index contributed by atoms with van der Waals surface area (Å²) in [5.74, 6) is -1.49. The quantitative estimate of drug-likeness (QED) is 0.756. The fraction of sp³-hybridized carbons (Fsp3) is 0.333. The van der Waals surface area contributed by atoms with E-state index in [0.29, 0.717) is 25.3 Å². The first-order valence-electron chi connectivity index (χ1n) is 8.24. The van der Waals surface area contributed by atoms with Gasteiger partial charge in [-0.15, -0.1) is 0 Å². The number of amides is 1. The predicted octanol–water partition coefficient (Wildman–Crippen LogP) is 2.03. The predicted molar refractivity (Wildman–Crippen MR) is 95.9 cm³/mol. The Morgan fingerprint density at radius 1 is 1.22 bits per heavy atom. The van der Waals surface area contributed by atoms with Gasteiger partial charge in [0.2, 0.25) is 5.43 Å². The highest BCUT2D eigenvalue weighted by molar-refractivity contribution is 6.30. The van der Waals surface area contributed by atoms with Crippen LogP contribution in [0.3, 0.4) is 0 Å². The van der Waals surface area contributed by atoms with Gasteiger partial charge in [-0.05, 0) is 17.7 Å². The molecule has 0 spiro atoms. The largest absolute Gasteiger partial charge is 0.503 e. The molecule has 0 aliphatic carbocycles. The summed E-state index contributed by atoms with van der Waals surface area (Å²) >= 11 is 5.79. The second-order valence-corrected chi connectivity index (χ2v) is 6.42. The highest BCUT2D eigenvalue weighted by atomic mass is 35.5. The van der Waals surface area contributed by atoms with Gasteiger partial charge in [0.25, 0.3) is 5.91 Å². The van der Waals surface area contributed by atoms with Crippen LogP contribution in [0.25, 0.3) is 0 Å². The van der Waals surface area contributed by atoms with Crippen LogP contribution in [0.1, 0.15) is 16.1 Å². The molecular formula is C18H18ClFN2O5. The van der Waals surface area contributed by atoms with Gasteiger partial charge in [-0.1, -0.05) is 17.7 Å². The van der Waals surface area contributed by atoms with Gasteiger partial charge >= 0.3 is 0 Å². The standard InChI is InChI=1S/C18H18ClFN2O5/c1-26-6-7-27-15-9-14(23)17(24)16-18(25)21(4-5-22(15)16)10-11-2-3-13(20)12(19)8-11/h2-3,8-9,24H,4-7,10H2,1H3. The van der Waals surface area contributed by atoms with E-state index in [1.165, 1.54) is 34.8 Å². The molecule has 3 rings (SSSR count). The molecule has 1 N–H and O–H groups in total. The third kappa shape index (κ3) is 3.91. The first-order valence-corrected chi connectivity index (χ1v) is 8.62. The summed E-state index contributed by atoms with van der Waals surface area (Å²) in [5, 5.41) is 10.1. The number of pyridine rings is 1. The lowest BCUT2D eigenvalue weighted by atomic mass is 10.1. The molecular weight excluding hydrogens is 379 g/mol. The molecule has 1 amide bonds. The zero-order chi connectivity index (χ0) is 19.6. The molecule has 144 valence electrons. The number of rotatable bonds is 6. The molecule has 7 nitrogen and oxygen atoms in total. The van der Waals surface area contributed by atoms with Crippen LogP contribution in [-0.2, 0) is 17.8 Å². The number of aromatic nitrogens is 1. The van der Waals surface area contributed by atoms with Gasteiger partial charge in [0.1, 0.15) is 12.4 Å². The van der Waals surface area contributed by atoms with Crippen molar-refractivity contribution >= 4 is 17.5 Å². The number of hydrogen-bond acceptors (Lipinski definition) is 5. The van der Waals surface area contributed by atoms with E-state index < -0.39 is 22.9 Å². The molecule has 1 aromatic carbocycles. The molecule has 0 unspecified atom stereocenters. The summed E-state index contributed by atoms with van der Waals surface area (Å²) in [6, 6.07) is 5.34. The van der Waals surface area contributed by atoms with Gasteiger partial charge in [0.15, 0.2) is 17.3 Å². The van der Waals surface area contributed by atoms with Crippen molar-refractivity contribution in [3.8, 4) is 11.6 Å². The van der Waals surface area contributed by atoms with Crippen LogP contribution in [0.15, 0.2) is 29.1 Å². The fourth-order valence-electron chi connectivity index (χ4n) is 2.88. The van der Waals surface area contributed by atoms with Crippen molar-refractivity contribution in [2.24, 2.45) is 0 Å². The van der Waals surface area contributed by atoms with Gasteiger partial charge in [-0.25, -0.2) is 4.39 Å². The monoisotopic (exact) mass is 396 g/mol. The molecule has 9 heteroatoms. The van der Waals surface area contributed by atoms with Crippen LogP contribution in [0, 0.1) is 5.82 Å². The summed E-state index contributed by atoms with van der Waals surface area (Å²) in [5.41, 5.74) is -0.194. The normalized spacial score (nSPS) is 13.6. The average Bonchev–Trinajstić information content (AvgIpc) is 2.64. The number of halogens is 2. The molecule has 2 aromatic rings. The molecule has 1 aliphatic rings. The van der Waals surface area contributed by atoms with E-state index in [-0.39, 0.29) is 29.7 Å². The number of nitrogens with zero attached hydrogens (tertiary/aromatic N) is 2. The molecule has 0 atom stereocenters. The minimum atomic E-state index is -0.700. The molecule has 0 radical (unpaired) electrons. The van der Waals surface area contributed by atoms with E-state index in [1.54, 1.807) is 0 Å². The minimum absolute atomic E-state index is 0.0368. The molecule has 0 bridgehead atoms. The minimum Gasteiger partial charge on any atom is -0.503 e. The Balaban J connectivity index is 1.89. The van der Waals surface area contributed by atoms with Crippen molar-refractivity contribution in [1.29, 1.82) is 0 Å². The lowest BCUT2D eigenvalue weighted by Crippen LogP contribution is -2.41. The molecule has 2 heterocycles. The number of aromatic hydroxyl groups is 1. The number of carbonyl (C=O) groups is 1. The number of carbonyl (C=O) groups excluding carboxylic acids is 1. The Morgan fingerprint density at radius 3 is 2.70 bits per heavy atom. The summed E-state index contributed by atoms with van der Waals surface area (Å²) in [6.45, 7) is 1.33. The van der Waals surface area contributed by atoms with E-state index >= 15 is 0 Å². The highest BCUT2D eigenvalue weighted by Gasteiger charge is 2.30. The second kappa shape index (κ2) is 7.98. The van der Waals surface area contributed by atoms with Gasteiger partial charge in [0, 0.05) is 32.8 Å². The lowest BCUT2D eigenvalue weighted by molar-refractivity contribution is 0.0670. The van der Waals surface area contributed by atoms with Crippen LogP contribution in [0.5, 0.6) is 11.6 Å². The molecule has 0 saturated heterocycles. The molecule has 1 aliphatic heterocycles. The number of hydrogen-bond donors (Lipinski definition) is 1. The Bertz CT molecular complexity index is 931. The fourth-order valence-corrected chi connectivity index (χ4v) is 3.09. The van der Waals surface area contributed by atoms with E-state index in [4.69, 9.17) is 21.1 Å². The van der Waals surface area contributed by atoms with Crippen LogP contribution >= 0.6 is 11.6 Å². The summed E-state index contributed by atoms with van der Waals surface area (Å²) in [7, 11) is 1.52. The number of benzene rings is 1. The third-order valence-corrected chi connectivity index (χ3v) is 4.52. The van der Waals surface area contributed by atoms with Crippen LogP contribution in [0.4, 0.5) is 4.39 Å². The maximum atomic E-state index is 13.3. The Labute approximate surface area is 159 Å². The molecule has 27 heavy (non-hydrogen) atoms. The summed E-state index contributed by atoms with van der Waals surface area (Å²) < 4.78 is 25.2. The van der Waals surface area contributed by atoms with Crippen LogP contribution in [-0.4, -0.2) is 47.3 Å². The van der Waals surface area contributed by atoms with Gasteiger partial charge in [-0.3, -0.25) is 9.59 Å². The lowest BCUT2D eigenvalue weighted by Gasteiger charge is -2.31. The molecule has 1 aromatic heterocycles.